The number of pyridine rings is 1. The van der Waals surface area contributed by atoms with Gasteiger partial charge < -0.3 is 5.11 Å². The van der Waals surface area contributed by atoms with E-state index in [9.17, 15) is 5.11 Å². The van der Waals surface area contributed by atoms with Crippen molar-refractivity contribution >= 4 is 29.2 Å². The zero-order valence-electron chi connectivity index (χ0n) is 14.2. The average molecular weight is 380 g/mol. The summed E-state index contributed by atoms with van der Waals surface area (Å²) < 4.78 is 2.01. The van der Waals surface area contributed by atoms with Crippen LogP contribution in [0, 0.1) is 0 Å². The summed E-state index contributed by atoms with van der Waals surface area (Å²) in [6.45, 7) is 0.0328. The second kappa shape index (κ2) is 7.53. The van der Waals surface area contributed by atoms with Gasteiger partial charge in [0, 0.05) is 26.4 Å². The van der Waals surface area contributed by atoms with Gasteiger partial charge in [-0.3, -0.25) is 4.40 Å². The highest BCUT2D eigenvalue weighted by Gasteiger charge is 2.10. The summed E-state index contributed by atoms with van der Waals surface area (Å²) in [6, 6.07) is 20.2. The highest BCUT2D eigenvalue weighted by atomic mass is 32.2. The Labute approximate surface area is 160 Å². The molecule has 0 aliphatic carbocycles. The second-order valence-electron chi connectivity index (χ2n) is 5.71. The number of rotatable bonds is 5. The molecule has 4 rings (SSSR count). The van der Waals surface area contributed by atoms with Gasteiger partial charge in [0.05, 0.1) is 6.61 Å². The Hall–Kier alpha value is -2.28. The lowest BCUT2D eigenvalue weighted by Gasteiger charge is -2.08. The monoisotopic (exact) mass is 379 g/mol. The number of aromatic nitrogens is 3. The van der Waals surface area contributed by atoms with Crippen LogP contribution < -0.4 is 0 Å². The van der Waals surface area contributed by atoms with E-state index < -0.39 is 0 Å². The zero-order chi connectivity index (χ0) is 17.9. The van der Waals surface area contributed by atoms with Crippen molar-refractivity contribution in [2.24, 2.45) is 0 Å². The van der Waals surface area contributed by atoms with Crippen LogP contribution in [0.1, 0.15) is 5.56 Å². The van der Waals surface area contributed by atoms with Crippen LogP contribution in [0.2, 0.25) is 0 Å². The van der Waals surface area contributed by atoms with E-state index in [1.807, 2.05) is 47.0 Å². The van der Waals surface area contributed by atoms with Gasteiger partial charge in [-0.05, 0) is 42.2 Å². The molecule has 4 aromatic rings. The van der Waals surface area contributed by atoms with Crippen LogP contribution in [0.4, 0.5) is 0 Å². The number of thioether (sulfide) groups is 1. The van der Waals surface area contributed by atoms with Crippen molar-refractivity contribution in [2.45, 2.75) is 21.3 Å². The molecule has 0 aliphatic rings. The number of benzene rings is 2. The first-order valence-electron chi connectivity index (χ1n) is 8.14. The van der Waals surface area contributed by atoms with Crippen molar-refractivity contribution < 1.29 is 5.11 Å². The minimum absolute atomic E-state index is 0.0328. The van der Waals surface area contributed by atoms with E-state index in [4.69, 9.17) is 0 Å². The standard InChI is InChI=1S/C20H17N3OS2/c1-25-16-8-6-14(7-9-16)20-22-21-19-11-10-17(12-23(19)20)26-18-5-3-2-4-15(18)13-24/h2-12,24H,13H2,1H3. The lowest BCUT2D eigenvalue weighted by atomic mass is 10.2. The van der Waals surface area contributed by atoms with Crippen molar-refractivity contribution in [3.63, 3.8) is 0 Å². The molecule has 0 spiro atoms. The van der Waals surface area contributed by atoms with Crippen molar-refractivity contribution in [2.75, 3.05) is 6.26 Å². The van der Waals surface area contributed by atoms with Gasteiger partial charge in [0.1, 0.15) is 0 Å². The van der Waals surface area contributed by atoms with Crippen LogP contribution in [0.25, 0.3) is 17.0 Å². The first-order valence-corrected chi connectivity index (χ1v) is 10.2. The summed E-state index contributed by atoms with van der Waals surface area (Å²) in [4.78, 5) is 3.34. The summed E-state index contributed by atoms with van der Waals surface area (Å²) in [5.41, 5.74) is 2.77. The Bertz CT molecular complexity index is 1040. The van der Waals surface area contributed by atoms with Crippen molar-refractivity contribution in [3.05, 3.63) is 72.4 Å². The van der Waals surface area contributed by atoms with Gasteiger partial charge in [0.15, 0.2) is 11.5 Å². The molecule has 0 bridgehead atoms. The molecule has 0 aliphatic heterocycles. The van der Waals surface area contributed by atoms with Crippen LogP contribution >= 0.6 is 23.5 Å². The van der Waals surface area contributed by atoms with Gasteiger partial charge in [0.25, 0.3) is 0 Å². The Balaban J connectivity index is 1.72. The minimum atomic E-state index is 0.0328. The van der Waals surface area contributed by atoms with E-state index in [2.05, 4.69) is 40.7 Å². The number of hydrogen-bond donors (Lipinski definition) is 1. The van der Waals surface area contributed by atoms with E-state index in [0.29, 0.717) is 0 Å². The largest absolute Gasteiger partial charge is 0.392 e. The van der Waals surface area contributed by atoms with Gasteiger partial charge in [-0.15, -0.1) is 22.0 Å². The number of aliphatic hydroxyl groups excluding tert-OH is 1. The molecule has 4 nitrogen and oxygen atoms in total. The molecular formula is C20H17N3OS2. The number of hydrogen-bond acceptors (Lipinski definition) is 5. The molecule has 6 heteroatoms. The van der Waals surface area contributed by atoms with Gasteiger partial charge in [-0.2, -0.15) is 0 Å². The third kappa shape index (κ3) is 3.35. The molecule has 130 valence electrons. The molecule has 0 fully saturated rings. The fourth-order valence-corrected chi connectivity index (χ4v) is 4.10. The highest BCUT2D eigenvalue weighted by Crippen LogP contribution is 2.31. The topological polar surface area (TPSA) is 50.4 Å². The minimum Gasteiger partial charge on any atom is -0.392 e. The third-order valence-corrected chi connectivity index (χ3v) is 5.93. The van der Waals surface area contributed by atoms with Gasteiger partial charge >= 0.3 is 0 Å². The Morgan fingerprint density at radius 1 is 0.923 bits per heavy atom. The first kappa shape index (κ1) is 17.1. The molecule has 2 aromatic heterocycles. The Morgan fingerprint density at radius 2 is 1.69 bits per heavy atom. The molecule has 0 saturated heterocycles. The van der Waals surface area contributed by atoms with Crippen molar-refractivity contribution in [3.8, 4) is 11.4 Å². The third-order valence-electron chi connectivity index (χ3n) is 4.09. The lowest BCUT2D eigenvalue weighted by molar-refractivity contribution is 0.279. The summed E-state index contributed by atoms with van der Waals surface area (Å²) in [5, 5.41) is 18.2. The normalized spacial score (nSPS) is 11.2. The van der Waals surface area contributed by atoms with Crippen LogP contribution in [0.5, 0.6) is 0 Å². The second-order valence-corrected chi connectivity index (χ2v) is 7.71. The van der Waals surface area contributed by atoms with Crippen LogP contribution in [0.15, 0.2) is 81.5 Å². The maximum Gasteiger partial charge on any atom is 0.168 e. The number of fused-ring (bicyclic) bond motifs is 1. The quantitative estimate of drug-likeness (QED) is 0.507. The first-order chi connectivity index (χ1) is 12.8. The summed E-state index contributed by atoms with van der Waals surface area (Å²) in [7, 11) is 0. The predicted molar refractivity (Wildman–Crippen MR) is 107 cm³/mol. The molecule has 26 heavy (non-hydrogen) atoms. The van der Waals surface area contributed by atoms with Crippen molar-refractivity contribution in [1.82, 2.24) is 14.6 Å². The van der Waals surface area contributed by atoms with E-state index in [1.54, 1.807) is 23.5 Å². The van der Waals surface area contributed by atoms with Crippen LogP contribution in [-0.2, 0) is 6.61 Å². The predicted octanol–water partition coefficient (Wildman–Crippen LogP) is 4.76. The maximum absolute atomic E-state index is 9.53. The fraction of sp³-hybridized carbons (Fsp3) is 0.100. The molecule has 0 radical (unpaired) electrons. The van der Waals surface area contributed by atoms with Gasteiger partial charge in [-0.25, -0.2) is 0 Å². The zero-order valence-corrected chi connectivity index (χ0v) is 15.8. The smallest absolute Gasteiger partial charge is 0.168 e. The highest BCUT2D eigenvalue weighted by molar-refractivity contribution is 7.99. The maximum atomic E-state index is 9.53. The SMILES string of the molecule is CSc1ccc(-c2nnc3ccc(Sc4ccccc4CO)cn23)cc1. The molecule has 0 unspecified atom stereocenters. The van der Waals surface area contributed by atoms with Gasteiger partial charge in [-0.1, -0.05) is 42.1 Å². The molecule has 0 atom stereocenters. The van der Waals surface area contributed by atoms with E-state index in [-0.39, 0.29) is 6.61 Å². The molecule has 1 N–H and O–H groups in total. The van der Waals surface area contributed by atoms with Crippen LogP contribution in [0.3, 0.4) is 0 Å². The van der Waals surface area contributed by atoms with E-state index >= 15 is 0 Å². The molecule has 0 amide bonds. The number of nitrogens with zero attached hydrogens (tertiary/aromatic N) is 3. The summed E-state index contributed by atoms with van der Waals surface area (Å²) in [5.74, 6) is 0.825. The molecular weight excluding hydrogens is 362 g/mol. The van der Waals surface area contributed by atoms with E-state index in [1.165, 1.54) is 4.90 Å². The Morgan fingerprint density at radius 3 is 2.46 bits per heavy atom. The van der Waals surface area contributed by atoms with Gasteiger partial charge in [0.2, 0.25) is 0 Å². The summed E-state index contributed by atoms with van der Waals surface area (Å²) >= 11 is 3.35. The van der Waals surface area contributed by atoms with Crippen molar-refractivity contribution in [1.29, 1.82) is 0 Å². The molecule has 2 heterocycles. The average Bonchev–Trinajstić information content (AvgIpc) is 3.12. The lowest BCUT2D eigenvalue weighted by Crippen LogP contribution is -1.91. The number of aliphatic hydroxyl groups is 1. The molecule has 2 aromatic carbocycles. The van der Waals surface area contributed by atoms with E-state index in [0.717, 1.165) is 32.4 Å². The van der Waals surface area contributed by atoms with Crippen LogP contribution in [-0.4, -0.2) is 26.0 Å². The molecule has 0 saturated carbocycles. The summed E-state index contributed by atoms with van der Waals surface area (Å²) in [6.07, 6.45) is 4.11. The Kier molecular flexibility index (Phi) is 4.97. The fourth-order valence-electron chi connectivity index (χ4n) is 2.73.